The lowest BCUT2D eigenvalue weighted by Gasteiger charge is -2.32. The predicted octanol–water partition coefficient (Wildman–Crippen LogP) is 3.51. The highest BCUT2D eigenvalue weighted by atomic mass is 16.5. The molecule has 106 valence electrons. The van der Waals surface area contributed by atoms with E-state index in [0.717, 1.165) is 25.3 Å². The number of hydrogen-bond acceptors (Lipinski definition) is 3. The topological polar surface area (TPSA) is 34.1 Å². The van der Waals surface area contributed by atoms with Crippen LogP contribution in [0.1, 0.15) is 57.4 Å². The Morgan fingerprint density at radius 1 is 1.26 bits per heavy atom. The highest BCUT2D eigenvalue weighted by Crippen LogP contribution is 2.33. The number of likely N-dealkylation sites (N-methyl/N-ethyl adjacent to an activating group) is 1. The van der Waals surface area contributed by atoms with Gasteiger partial charge in [-0.25, -0.2) is 0 Å². The van der Waals surface area contributed by atoms with Crippen molar-refractivity contribution in [3.05, 3.63) is 24.0 Å². The van der Waals surface area contributed by atoms with Gasteiger partial charge in [-0.2, -0.15) is 0 Å². The Morgan fingerprint density at radius 3 is 2.89 bits per heavy atom. The summed E-state index contributed by atoms with van der Waals surface area (Å²) in [6.07, 6.45) is 10.1. The van der Waals surface area contributed by atoms with Crippen molar-refractivity contribution in [3.63, 3.8) is 0 Å². The second-order valence-corrected chi connectivity index (χ2v) is 5.36. The molecule has 1 saturated carbocycles. The van der Waals surface area contributed by atoms with Crippen molar-refractivity contribution >= 4 is 0 Å². The Labute approximate surface area is 116 Å². The summed E-state index contributed by atoms with van der Waals surface area (Å²) in [4.78, 5) is 4.35. The summed E-state index contributed by atoms with van der Waals surface area (Å²) in [6, 6.07) is 2.78. The molecule has 19 heavy (non-hydrogen) atoms. The maximum absolute atomic E-state index is 5.70. The predicted molar refractivity (Wildman–Crippen MR) is 78.7 cm³/mol. The Hall–Kier alpha value is -1.09. The first kappa shape index (κ1) is 14.3. The van der Waals surface area contributed by atoms with Gasteiger partial charge in [0.15, 0.2) is 0 Å². The summed E-state index contributed by atoms with van der Waals surface area (Å²) < 4.78 is 5.70. The van der Waals surface area contributed by atoms with E-state index < -0.39 is 0 Å². The van der Waals surface area contributed by atoms with Crippen molar-refractivity contribution in [2.45, 2.75) is 57.9 Å². The Bertz CT molecular complexity index is 379. The third kappa shape index (κ3) is 3.93. The molecule has 0 bridgehead atoms. The third-order valence-electron chi connectivity index (χ3n) is 3.87. The molecule has 0 radical (unpaired) electrons. The molecular formula is C16H26N2O. The second kappa shape index (κ2) is 7.49. The summed E-state index contributed by atoms with van der Waals surface area (Å²) in [6.45, 7) is 6.12. The fraction of sp³-hybridized carbons (Fsp3) is 0.688. The zero-order valence-electron chi connectivity index (χ0n) is 12.2. The quantitative estimate of drug-likeness (QED) is 0.852. The molecule has 3 heteroatoms. The lowest BCUT2D eigenvalue weighted by molar-refractivity contribution is 0.311. The van der Waals surface area contributed by atoms with Crippen LogP contribution >= 0.6 is 0 Å². The summed E-state index contributed by atoms with van der Waals surface area (Å²) in [5.41, 5.74) is 1.33. The fourth-order valence-corrected chi connectivity index (χ4v) is 2.97. The van der Waals surface area contributed by atoms with E-state index in [0.29, 0.717) is 12.0 Å². The van der Waals surface area contributed by atoms with E-state index in [9.17, 15) is 0 Å². The number of ether oxygens (including phenoxy) is 1. The maximum Gasteiger partial charge on any atom is 0.137 e. The minimum atomic E-state index is 0.589. The normalized spacial score (nSPS) is 23.3. The minimum Gasteiger partial charge on any atom is -0.492 e. The Balaban J connectivity index is 2.09. The van der Waals surface area contributed by atoms with Crippen LogP contribution in [0.5, 0.6) is 5.75 Å². The fourth-order valence-electron chi connectivity index (χ4n) is 2.97. The van der Waals surface area contributed by atoms with Crippen LogP contribution in [-0.2, 0) is 0 Å². The van der Waals surface area contributed by atoms with Gasteiger partial charge in [-0.3, -0.25) is 4.98 Å². The number of rotatable bonds is 6. The lowest BCUT2D eigenvalue weighted by Crippen LogP contribution is -2.37. The summed E-state index contributed by atoms with van der Waals surface area (Å²) >= 11 is 0. The van der Waals surface area contributed by atoms with Crippen molar-refractivity contribution in [2.24, 2.45) is 0 Å². The van der Waals surface area contributed by atoms with E-state index in [1.54, 1.807) is 0 Å². The molecule has 2 unspecified atom stereocenters. The molecule has 0 amide bonds. The molecule has 1 aliphatic rings. The van der Waals surface area contributed by atoms with Gasteiger partial charge >= 0.3 is 0 Å². The van der Waals surface area contributed by atoms with Crippen molar-refractivity contribution < 1.29 is 4.74 Å². The molecule has 0 saturated heterocycles. The minimum absolute atomic E-state index is 0.589. The lowest BCUT2D eigenvalue weighted by atomic mass is 9.80. The van der Waals surface area contributed by atoms with Gasteiger partial charge in [0.2, 0.25) is 0 Å². The van der Waals surface area contributed by atoms with Gasteiger partial charge in [0.1, 0.15) is 5.75 Å². The van der Waals surface area contributed by atoms with Gasteiger partial charge in [0.25, 0.3) is 0 Å². The first-order chi connectivity index (χ1) is 9.35. The van der Waals surface area contributed by atoms with Gasteiger partial charge in [-0.1, -0.05) is 26.7 Å². The van der Waals surface area contributed by atoms with Gasteiger partial charge in [0, 0.05) is 18.2 Å². The standard InChI is InChI=1S/C16H26N2O/c1-3-9-19-14-10-13(11-17-12-14)15-7-5-6-8-16(15)18-4-2/h10-12,15-16,18H,3-9H2,1-2H3. The average molecular weight is 262 g/mol. The smallest absolute Gasteiger partial charge is 0.137 e. The molecule has 2 atom stereocenters. The van der Waals surface area contributed by atoms with Crippen LogP contribution < -0.4 is 10.1 Å². The van der Waals surface area contributed by atoms with E-state index in [-0.39, 0.29) is 0 Å². The van der Waals surface area contributed by atoms with Crippen LogP contribution in [0.4, 0.5) is 0 Å². The summed E-state index contributed by atoms with van der Waals surface area (Å²) in [5, 5.41) is 3.63. The van der Waals surface area contributed by atoms with Crippen LogP contribution in [0.2, 0.25) is 0 Å². The van der Waals surface area contributed by atoms with Gasteiger partial charge in [0.05, 0.1) is 12.8 Å². The van der Waals surface area contributed by atoms with Crippen molar-refractivity contribution in [3.8, 4) is 5.75 Å². The van der Waals surface area contributed by atoms with Crippen molar-refractivity contribution in [1.29, 1.82) is 0 Å². The number of nitrogens with one attached hydrogen (secondary N) is 1. The molecule has 1 fully saturated rings. The van der Waals surface area contributed by atoms with E-state index >= 15 is 0 Å². The second-order valence-electron chi connectivity index (χ2n) is 5.36. The van der Waals surface area contributed by atoms with Crippen molar-refractivity contribution in [1.82, 2.24) is 10.3 Å². The molecule has 2 rings (SSSR count). The molecule has 1 aromatic rings. The van der Waals surface area contributed by atoms with E-state index in [2.05, 4.69) is 30.2 Å². The average Bonchev–Trinajstić information content (AvgIpc) is 2.46. The number of aromatic nitrogens is 1. The highest BCUT2D eigenvalue weighted by Gasteiger charge is 2.26. The van der Waals surface area contributed by atoms with Crippen LogP contribution in [0.25, 0.3) is 0 Å². The molecule has 0 aliphatic heterocycles. The summed E-state index contributed by atoms with van der Waals surface area (Å²) in [7, 11) is 0. The van der Waals surface area contributed by atoms with Crippen LogP contribution in [-0.4, -0.2) is 24.2 Å². The van der Waals surface area contributed by atoms with Crippen LogP contribution in [0.3, 0.4) is 0 Å². The van der Waals surface area contributed by atoms with Gasteiger partial charge in [-0.15, -0.1) is 0 Å². The molecule has 0 spiro atoms. The molecule has 3 nitrogen and oxygen atoms in total. The number of hydrogen-bond donors (Lipinski definition) is 1. The highest BCUT2D eigenvalue weighted by molar-refractivity contribution is 5.28. The molecular weight excluding hydrogens is 236 g/mol. The SMILES string of the molecule is CCCOc1cncc(C2CCCCC2NCC)c1. The van der Waals surface area contributed by atoms with E-state index in [4.69, 9.17) is 4.74 Å². The monoisotopic (exact) mass is 262 g/mol. The summed E-state index contributed by atoms with van der Waals surface area (Å²) in [5.74, 6) is 1.51. The van der Waals surface area contributed by atoms with E-state index in [1.807, 2.05) is 12.4 Å². The zero-order valence-corrected chi connectivity index (χ0v) is 12.2. The molecule has 0 aromatic carbocycles. The zero-order chi connectivity index (χ0) is 13.5. The Kier molecular flexibility index (Phi) is 5.64. The number of nitrogens with zero attached hydrogens (tertiary/aromatic N) is 1. The molecule has 1 N–H and O–H groups in total. The number of pyridine rings is 1. The Morgan fingerprint density at radius 2 is 2.11 bits per heavy atom. The first-order valence-corrected chi connectivity index (χ1v) is 7.66. The molecule has 1 aliphatic carbocycles. The molecule has 1 aromatic heterocycles. The third-order valence-corrected chi connectivity index (χ3v) is 3.87. The first-order valence-electron chi connectivity index (χ1n) is 7.66. The molecule has 1 heterocycles. The van der Waals surface area contributed by atoms with Crippen LogP contribution in [0.15, 0.2) is 18.5 Å². The maximum atomic E-state index is 5.70. The van der Waals surface area contributed by atoms with Crippen LogP contribution in [0, 0.1) is 0 Å². The largest absolute Gasteiger partial charge is 0.492 e. The van der Waals surface area contributed by atoms with Gasteiger partial charge < -0.3 is 10.1 Å². The van der Waals surface area contributed by atoms with Crippen molar-refractivity contribution in [2.75, 3.05) is 13.2 Å². The van der Waals surface area contributed by atoms with Gasteiger partial charge in [-0.05, 0) is 37.4 Å². The van der Waals surface area contributed by atoms with E-state index in [1.165, 1.54) is 31.2 Å².